The Morgan fingerprint density at radius 2 is 2.38 bits per heavy atom. The Labute approximate surface area is 146 Å². The molecule has 1 aromatic heterocycles. The number of amides is 1. The van der Waals surface area contributed by atoms with Gasteiger partial charge in [0.1, 0.15) is 11.9 Å². The number of likely N-dealkylation sites (N-methyl/N-ethyl adjacent to an activating group) is 1. The van der Waals surface area contributed by atoms with E-state index in [0.717, 1.165) is 35.6 Å². The SMILES string of the molecule is CSCC[C@@H](NC(=O)[C@H]1COCCN1C)c1nc2ccccc2[nH]1. The normalized spacial score (nSPS) is 20.2. The third-order valence-electron chi connectivity index (χ3n) is 4.36. The van der Waals surface area contributed by atoms with Gasteiger partial charge in [-0.25, -0.2) is 4.98 Å². The quantitative estimate of drug-likeness (QED) is 0.833. The van der Waals surface area contributed by atoms with E-state index in [1.807, 2.05) is 36.2 Å². The Bertz CT molecular complexity index is 657. The van der Waals surface area contributed by atoms with Gasteiger partial charge in [0.2, 0.25) is 5.91 Å². The van der Waals surface area contributed by atoms with Gasteiger partial charge in [0.25, 0.3) is 0 Å². The standard InChI is InChI=1S/C17H24N4O2S/c1-21-8-9-23-11-15(21)17(22)20-14(7-10-24-2)16-18-12-5-3-4-6-13(12)19-16/h3-6,14-15H,7-11H2,1-2H3,(H,18,19)(H,20,22)/t14-,15-/m1/s1. The van der Waals surface area contributed by atoms with E-state index in [0.29, 0.717) is 13.2 Å². The highest BCUT2D eigenvalue weighted by atomic mass is 32.2. The Kier molecular flexibility index (Phi) is 5.76. The van der Waals surface area contributed by atoms with Crippen LogP contribution < -0.4 is 5.32 Å². The third-order valence-corrected chi connectivity index (χ3v) is 5.01. The summed E-state index contributed by atoms with van der Waals surface area (Å²) < 4.78 is 5.46. The van der Waals surface area contributed by atoms with Gasteiger partial charge in [0, 0.05) is 6.54 Å². The van der Waals surface area contributed by atoms with Crippen LogP contribution in [-0.2, 0) is 9.53 Å². The number of imidazole rings is 1. The minimum absolute atomic E-state index is 0.00348. The first-order valence-corrected chi connectivity index (χ1v) is 9.60. The van der Waals surface area contributed by atoms with Crippen molar-refractivity contribution in [2.45, 2.75) is 18.5 Å². The van der Waals surface area contributed by atoms with E-state index in [4.69, 9.17) is 4.74 Å². The number of thioether (sulfide) groups is 1. The van der Waals surface area contributed by atoms with Gasteiger partial charge in [-0.05, 0) is 37.6 Å². The van der Waals surface area contributed by atoms with Gasteiger partial charge in [-0.1, -0.05) is 12.1 Å². The second kappa shape index (κ2) is 8.00. The maximum Gasteiger partial charge on any atom is 0.240 e. The molecular formula is C17H24N4O2S. The predicted octanol–water partition coefficient (Wildman–Crippen LogP) is 1.80. The number of para-hydroxylation sites is 2. The zero-order valence-electron chi connectivity index (χ0n) is 14.1. The van der Waals surface area contributed by atoms with Crippen molar-refractivity contribution in [1.82, 2.24) is 20.2 Å². The molecule has 2 heterocycles. The lowest BCUT2D eigenvalue weighted by atomic mass is 10.1. The number of nitrogens with zero attached hydrogens (tertiary/aromatic N) is 2. The molecular weight excluding hydrogens is 324 g/mol. The molecule has 1 aliphatic rings. The van der Waals surface area contributed by atoms with E-state index in [9.17, 15) is 4.79 Å². The molecule has 0 spiro atoms. The van der Waals surface area contributed by atoms with E-state index in [1.54, 1.807) is 11.8 Å². The van der Waals surface area contributed by atoms with Crippen molar-refractivity contribution in [3.8, 4) is 0 Å². The molecule has 0 bridgehead atoms. The molecule has 1 amide bonds. The van der Waals surface area contributed by atoms with Crippen molar-refractivity contribution in [1.29, 1.82) is 0 Å². The average Bonchev–Trinajstić information content (AvgIpc) is 3.02. The van der Waals surface area contributed by atoms with Gasteiger partial charge in [-0.15, -0.1) is 0 Å². The fourth-order valence-electron chi connectivity index (χ4n) is 2.88. The number of rotatable bonds is 6. The molecule has 1 aromatic carbocycles. The molecule has 0 radical (unpaired) electrons. The minimum atomic E-state index is -0.236. The van der Waals surface area contributed by atoms with Gasteiger partial charge in [-0.2, -0.15) is 11.8 Å². The Balaban J connectivity index is 1.76. The van der Waals surface area contributed by atoms with Crippen LogP contribution in [0.4, 0.5) is 0 Å². The first-order valence-electron chi connectivity index (χ1n) is 8.21. The molecule has 0 saturated carbocycles. The van der Waals surface area contributed by atoms with Gasteiger partial charge in [-0.3, -0.25) is 9.69 Å². The first-order chi connectivity index (χ1) is 11.7. The highest BCUT2D eigenvalue weighted by Crippen LogP contribution is 2.20. The monoisotopic (exact) mass is 348 g/mol. The van der Waals surface area contributed by atoms with Crippen LogP contribution in [0, 0.1) is 0 Å². The van der Waals surface area contributed by atoms with Crippen LogP contribution in [0.3, 0.4) is 0 Å². The van der Waals surface area contributed by atoms with Crippen molar-refractivity contribution in [2.75, 3.05) is 38.8 Å². The maximum absolute atomic E-state index is 12.7. The number of carbonyl (C=O) groups excluding carboxylic acids is 1. The number of hydrogen-bond donors (Lipinski definition) is 2. The second-order valence-electron chi connectivity index (χ2n) is 6.05. The maximum atomic E-state index is 12.7. The molecule has 1 fully saturated rings. The smallest absolute Gasteiger partial charge is 0.240 e. The molecule has 2 aromatic rings. The average molecular weight is 348 g/mol. The van der Waals surface area contributed by atoms with Crippen LogP contribution in [0.15, 0.2) is 24.3 Å². The van der Waals surface area contributed by atoms with Crippen molar-refractivity contribution in [2.24, 2.45) is 0 Å². The molecule has 130 valence electrons. The van der Waals surface area contributed by atoms with Crippen LogP contribution in [0.5, 0.6) is 0 Å². The molecule has 3 rings (SSSR count). The molecule has 0 aliphatic carbocycles. The summed E-state index contributed by atoms with van der Waals surface area (Å²) in [7, 11) is 1.96. The molecule has 1 saturated heterocycles. The van der Waals surface area contributed by atoms with Crippen LogP contribution in [0.2, 0.25) is 0 Å². The van der Waals surface area contributed by atoms with Gasteiger partial charge >= 0.3 is 0 Å². The highest BCUT2D eigenvalue weighted by molar-refractivity contribution is 7.98. The van der Waals surface area contributed by atoms with Gasteiger partial charge < -0.3 is 15.0 Å². The lowest BCUT2D eigenvalue weighted by molar-refractivity contribution is -0.132. The number of aromatic nitrogens is 2. The summed E-state index contributed by atoms with van der Waals surface area (Å²) in [5, 5.41) is 3.16. The van der Waals surface area contributed by atoms with E-state index in [-0.39, 0.29) is 18.0 Å². The largest absolute Gasteiger partial charge is 0.378 e. The van der Waals surface area contributed by atoms with E-state index < -0.39 is 0 Å². The lowest BCUT2D eigenvalue weighted by Crippen LogP contribution is -2.52. The lowest BCUT2D eigenvalue weighted by Gasteiger charge is -2.32. The van der Waals surface area contributed by atoms with Crippen LogP contribution in [-0.4, -0.2) is 65.6 Å². The summed E-state index contributed by atoms with van der Waals surface area (Å²) in [6, 6.07) is 7.57. The molecule has 6 nitrogen and oxygen atoms in total. The minimum Gasteiger partial charge on any atom is -0.378 e. The number of nitrogens with one attached hydrogen (secondary N) is 2. The summed E-state index contributed by atoms with van der Waals surface area (Å²) in [6.07, 6.45) is 2.91. The molecule has 2 N–H and O–H groups in total. The predicted molar refractivity (Wildman–Crippen MR) is 97.2 cm³/mol. The summed E-state index contributed by atoms with van der Waals surface area (Å²) in [6.45, 7) is 1.90. The van der Waals surface area contributed by atoms with Crippen LogP contribution in [0.1, 0.15) is 18.3 Å². The third kappa shape index (κ3) is 3.91. The molecule has 0 unspecified atom stereocenters. The molecule has 2 atom stereocenters. The number of benzene rings is 1. The summed E-state index contributed by atoms with van der Waals surface area (Å²) in [5.74, 6) is 1.78. The molecule has 7 heteroatoms. The summed E-state index contributed by atoms with van der Waals surface area (Å²) in [4.78, 5) is 22.7. The number of hydrogen-bond acceptors (Lipinski definition) is 5. The zero-order valence-corrected chi connectivity index (χ0v) is 14.9. The molecule has 1 aliphatic heterocycles. The van der Waals surface area contributed by atoms with Gasteiger partial charge in [0.05, 0.1) is 30.3 Å². The van der Waals surface area contributed by atoms with Crippen molar-refractivity contribution < 1.29 is 9.53 Å². The number of ether oxygens (including phenoxy) is 1. The van der Waals surface area contributed by atoms with E-state index in [1.165, 1.54) is 0 Å². The first kappa shape index (κ1) is 17.3. The topological polar surface area (TPSA) is 70.2 Å². The number of H-pyrrole nitrogens is 1. The highest BCUT2D eigenvalue weighted by Gasteiger charge is 2.29. The Morgan fingerprint density at radius 3 is 3.12 bits per heavy atom. The summed E-state index contributed by atoms with van der Waals surface area (Å²) >= 11 is 1.77. The van der Waals surface area contributed by atoms with Crippen LogP contribution in [0.25, 0.3) is 11.0 Å². The van der Waals surface area contributed by atoms with Crippen molar-refractivity contribution in [3.05, 3.63) is 30.1 Å². The van der Waals surface area contributed by atoms with E-state index >= 15 is 0 Å². The second-order valence-corrected chi connectivity index (χ2v) is 7.04. The fraction of sp³-hybridized carbons (Fsp3) is 0.529. The van der Waals surface area contributed by atoms with Crippen molar-refractivity contribution >= 4 is 28.7 Å². The number of aromatic amines is 1. The number of carbonyl (C=O) groups is 1. The fourth-order valence-corrected chi connectivity index (χ4v) is 3.35. The zero-order chi connectivity index (χ0) is 16.9. The number of fused-ring (bicyclic) bond motifs is 1. The van der Waals surface area contributed by atoms with E-state index in [2.05, 4.69) is 21.5 Å². The Morgan fingerprint density at radius 1 is 1.54 bits per heavy atom. The number of morpholine rings is 1. The van der Waals surface area contributed by atoms with Crippen LogP contribution >= 0.6 is 11.8 Å². The van der Waals surface area contributed by atoms with Crippen molar-refractivity contribution in [3.63, 3.8) is 0 Å². The molecule has 24 heavy (non-hydrogen) atoms. The summed E-state index contributed by atoms with van der Waals surface area (Å²) in [5.41, 5.74) is 1.92. The Hall–Kier alpha value is -1.57. The van der Waals surface area contributed by atoms with Gasteiger partial charge in [0.15, 0.2) is 0 Å².